The van der Waals surface area contributed by atoms with Crippen molar-refractivity contribution in [3.63, 3.8) is 0 Å². The van der Waals surface area contributed by atoms with Crippen LogP contribution < -0.4 is 0 Å². The van der Waals surface area contributed by atoms with Crippen molar-refractivity contribution in [3.05, 3.63) is 17.7 Å². The summed E-state index contributed by atoms with van der Waals surface area (Å²) in [6, 6.07) is 0.541. The van der Waals surface area contributed by atoms with E-state index < -0.39 is 0 Å². The molecule has 3 nitrogen and oxygen atoms in total. The molecule has 1 aliphatic heterocycles. The van der Waals surface area contributed by atoms with E-state index in [0.717, 1.165) is 19.5 Å². The lowest BCUT2D eigenvalue weighted by Crippen LogP contribution is -2.27. The van der Waals surface area contributed by atoms with Crippen molar-refractivity contribution in [1.82, 2.24) is 14.5 Å². The van der Waals surface area contributed by atoms with Crippen LogP contribution in [0.25, 0.3) is 0 Å². The molecule has 2 rings (SSSR count). The van der Waals surface area contributed by atoms with Crippen molar-refractivity contribution in [2.75, 3.05) is 13.6 Å². The molecule has 0 spiro atoms. The summed E-state index contributed by atoms with van der Waals surface area (Å²) in [6.45, 7) is 6.58. The predicted molar refractivity (Wildman–Crippen MR) is 59.4 cm³/mol. The maximum Gasteiger partial charge on any atom is 0.0954 e. The maximum atomic E-state index is 4.45. The molecule has 1 aromatic heterocycles. The molecular weight excluding hydrogens is 174 g/mol. The third-order valence-corrected chi connectivity index (χ3v) is 2.69. The molecule has 1 aromatic rings. The van der Waals surface area contributed by atoms with Gasteiger partial charge in [-0.1, -0.05) is 7.43 Å². The Morgan fingerprint density at radius 1 is 1.43 bits per heavy atom. The third kappa shape index (κ3) is 1.82. The van der Waals surface area contributed by atoms with Crippen LogP contribution in [-0.2, 0) is 13.0 Å². The van der Waals surface area contributed by atoms with E-state index in [1.807, 2.05) is 6.33 Å². The van der Waals surface area contributed by atoms with Gasteiger partial charge in [-0.15, -0.1) is 0 Å². The molecule has 0 N–H and O–H groups in total. The molecule has 0 fully saturated rings. The van der Waals surface area contributed by atoms with Crippen LogP contribution in [0.1, 0.15) is 38.7 Å². The fourth-order valence-corrected chi connectivity index (χ4v) is 1.91. The zero-order chi connectivity index (χ0) is 9.42. The van der Waals surface area contributed by atoms with Gasteiger partial charge in [0.1, 0.15) is 0 Å². The van der Waals surface area contributed by atoms with Crippen LogP contribution in [0.15, 0.2) is 6.33 Å². The van der Waals surface area contributed by atoms with Crippen LogP contribution in [0.4, 0.5) is 0 Å². The first-order chi connectivity index (χ1) is 6.18. The Bertz CT molecular complexity index is 301. The van der Waals surface area contributed by atoms with Crippen LogP contribution in [-0.4, -0.2) is 28.0 Å². The number of hydrogen-bond acceptors (Lipinski definition) is 2. The fourth-order valence-electron chi connectivity index (χ4n) is 1.91. The summed E-state index contributed by atoms with van der Waals surface area (Å²) in [4.78, 5) is 6.77. The third-order valence-electron chi connectivity index (χ3n) is 2.69. The first-order valence-corrected chi connectivity index (χ1v) is 4.91. The zero-order valence-electron chi connectivity index (χ0n) is 8.62. The van der Waals surface area contributed by atoms with Crippen LogP contribution in [0, 0.1) is 0 Å². The van der Waals surface area contributed by atoms with Crippen molar-refractivity contribution in [2.45, 2.75) is 40.3 Å². The minimum absolute atomic E-state index is 0. The van der Waals surface area contributed by atoms with E-state index in [2.05, 4.69) is 35.3 Å². The summed E-state index contributed by atoms with van der Waals surface area (Å²) < 4.78 is 2.29. The van der Waals surface area contributed by atoms with Gasteiger partial charge >= 0.3 is 0 Å². The zero-order valence-corrected chi connectivity index (χ0v) is 8.62. The number of imidazole rings is 1. The van der Waals surface area contributed by atoms with Gasteiger partial charge in [0.05, 0.1) is 12.0 Å². The summed E-state index contributed by atoms with van der Waals surface area (Å²) in [7, 11) is 2.15. The first kappa shape index (κ1) is 11.2. The molecule has 80 valence electrons. The molecule has 0 atom stereocenters. The summed E-state index contributed by atoms with van der Waals surface area (Å²) in [5.41, 5.74) is 2.70. The Kier molecular flexibility index (Phi) is 3.32. The number of fused-ring (bicyclic) bond motifs is 1. The second-order valence-corrected chi connectivity index (χ2v) is 4.13. The molecule has 0 radical (unpaired) electrons. The minimum Gasteiger partial charge on any atom is -0.332 e. The van der Waals surface area contributed by atoms with Crippen molar-refractivity contribution in [3.8, 4) is 0 Å². The Morgan fingerprint density at radius 2 is 2.14 bits per heavy atom. The Labute approximate surface area is 86.7 Å². The summed E-state index contributed by atoms with van der Waals surface area (Å²) >= 11 is 0. The summed E-state index contributed by atoms with van der Waals surface area (Å²) in [5.74, 6) is 0. The number of hydrogen-bond donors (Lipinski definition) is 0. The lowest BCUT2D eigenvalue weighted by atomic mass is 10.1. The van der Waals surface area contributed by atoms with Gasteiger partial charge in [0, 0.05) is 31.2 Å². The molecule has 0 aromatic carbocycles. The molecule has 2 heterocycles. The van der Waals surface area contributed by atoms with Crippen molar-refractivity contribution < 1.29 is 0 Å². The average molecular weight is 195 g/mol. The van der Waals surface area contributed by atoms with E-state index in [1.54, 1.807) is 0 Å². The molecule has 0 amide bonds. The molecule has 0 aliphatic carbocycles. The summed E-state index contributed by atoms with van der Waals surface area (Å²) in [5, 5.41) is 0. The largest absolute Gasteiger partial charge is 0.332 e. The van der Waals surface area contributed by atoms with E-state index in [1.165, 1.54) is 11.4 Å². The normalized spacial score (nSPS) is 16.6. The fraction of sp³-hybridized carbons (Fsp3) is 0.727. The van der Waals surface area contributed by atoms with Gasteiger partial charge < -0.3 is 9.47 Å². The summed E-state index contributed by atoms with van der Waals surface area (Å²) in [6.07, 6.45) is 3.12. The molecule has 14 heavy (non-hydrogen) atoms. The smallest absolute Gasteiger partial charge is 0.0954 e. The van der Waals surface area contributed by atoms with E-state index in [9.17, 15) is 0 Å². The van der Waals surface area contributed by atoms with Crippen molar-refractivity contribution in [2.24, 2.45) is 0 Å². The lowest BCUT2D eigenvalue weighted by Gasteiger charge is -2.23. The van der Waals surface area contributed by atoms with Gasteiger partial charge in [0.2, 0.25) is 0 Å². The van der Waals surface area contributed by atoms with Crippen molar-refractivity contribution >= 4 is 0 Å². The average Bonchev–Trinajstić information content (AvgIpc) is 2.46. The number of likely N-dealkylation sites (N-methyl/N-ethyl adjacent to an activating group) is 1. The molecule has 3 heteroatoms. The molecule has 0 unspecified atom stereocenters. The SMILES string of the molecule is C.CC(C)n1cnc2c1CCN(C)C2. The van der Waals surface area contributed by atoms with Gasteiger partial charge in [0.15, 0.2) is 0 Å². The van der Waals surface area contributed by atoms with Gasteiger partial charge in [-0.2, -0.15) is 0 Å². The van der Waals surface area contributed by atoms with Gasteiger partial charge in [0.25, 0.3) is 0 Å². The molecule has 0 bridgehead atoms. The highest BCUT2D eigenvalue weighted by Gasteiger charge is 2.18. The quantitative estimate of drug-likeness (QED) is 0.684. The van der Waals surface area contributed by atoms with Crippen LogP contribution in [0.3, 0.4) is 0 Å². The highest BCUT2D eigenvalue weighted by atomic mass is 15.2. The second kappa shape index (κ2) is 4.13. The van der Waals surface area contributed by atoms with Gasteiger partial charge in [-0.05, 0) is 20.9 Å². The van der Waals surface area contributed by atoms with Gasteiger partial charge in [-0.3, -0.25) is 0 Å². The van der Waals surface area contributed by atoms with E-state index in [0.29, 0.717) is 6.04 Å². The molecule has 0 saturated carbocycles. The second-order valence-electron chi connectivity index (χ2n) is 4.13. The van der Waals surface area contributed by atoms with E-state index >= 15 is 0 Å². The standard InChI is InChI=1S/C10H17N3.CH4/c1-8(2)13-7-11-9-6-12(3)5-4-10(9)13;/h7-8H,4-6H2,1-3H3;1H4. The Morgan fingerprint density at radius 3 is 2.79 bits per heavy atom. The number of aromatic nitrogens is 2. The molecule has 1 aliphatic rings. The highest BCUT2D eigenvalue weighted by Crippen LogP contribution is 2.19. The molecular formula is C11H21N3. The predicted octanol–water partition coefficient (Wildman–Crippen LogP) is 2.09. The number of nitrogens with zero attached hydrogens (tertiary/aromatic N) is 3. The monoisotopic (exact) mass is 195 g/mol. The highest BCUT2D eigenvalue weighted by molar-refractivity contribution is 5.16. The van der Waals surface area contributed by atoms with E-state index in [4.69, 9.17) is 0 Å². The van der Waals surface area contributed by atoms with Gasteiger partial charge in [-0.25, -0.2) is 4.98 Å². The Hall–Kier alpha value is -0.830. The maximum absolute atomic E-state index is 4.45. The van der Waals surface area contributed by atoms with Crippen LogP contribution in [0.5, 0.6) is 0 Å². The first-order valence-electron chi connectivity index (χ1n) is 4.91. The van der Waals surface area contributed by atoms with Crippen molar-refractivity contribution in [1.29, 1.82) is 0 Å². The minimum atomic E-state index is 0. The topological polar surface area (TPSA) is 21.1 Å². The lowest BCUT2D eigenvalue weighted by molar-refractivity contribution is 0.303. The molecule has 0 saturated heterocycles. The van der Waals surface area contributed by atoms with E-state index in [-0.39, 0.29) is 7.43 Å². The van der Waals surface area contributed by atoms with Crippen LogP contribution in [0.2, 0.25) is 0 Å². The number of rotatable bonds is 1. The van der Waals surface area contributed by atoms with Crippen LogP contribution >= 0.6 is 0 Å². The Balaban J connectivity index is 0.000000980.